The summed E-state index contributed by atoms with van der Waals surface area (Å²) in [5, 5.41) is 19.6. The molecule has 0 unspecified atom stereocenters. The van der Waals surface area contributed by atoms with Gasteiger partial charge in [-0.1, -0.05) is 20.8 Å². The predicted octanol–water partition coefficient (Wildman–Crippen LogP) is 2.09. The predicted molar refractivity (Wildman–Crippen MR) is 49.8 cm³/mol. The molecule has 2 rings (SSSR count). The molecule has 72 valence electrons. The standard InChI is InChI=1S/C11H17NO/c1-9(2)8-4-5-10(3,6-8)11(9,13)7-12/h8,13H,4-6H2,1-3H3/t8-,10+,11+/m0/s1. The Balaban J connectivity index is 2.53. The van der Waals surface area contributed by atoms with Crippen LogP contribution in [-0.2, 0) is 0 Å². The van der Waals surface area contributed by atoms with Crippen molar-refractivity contribution in [2.24, 2.45) is 16.7 Å². The zero-order valence-corrected chi connectivity index (χ0v) is 8.59. The van der Waals surface area contributed by atoms with Crippen molar-refractivity contribution in [3.63, 3.8) is 0 Å². The summed E-state index contributed by atoms with van der Waals surface area (Å²) in [5.41, 5.74) is -1.49. The average molecular weight is 179 g/mol. The molecule has 0 saturated heterocycles. The molecular formula is C11H17NO. The van der Waals surface area contributed by atoms with Gasteiger partial charge in [-0.25, -0.2) is 0 Å². The van der Waals surface area contributed by atoms with Crippen LogP contribution in [0.15, 0.2) is 0 Å². The highest BCUT2D eigenvalue weighted by Gasteiger charge is 2.69. The molecule has 2 aliphatic carbocycles. The van der Waals surface area contributed by atoms with Crippen molar-refractivity contribution in [2.75, 3.05) is 0 Å². The molecule has 0 aromatic rings. The second-order valence-corrected chi connectivity index (χ2v) is 5.54. The van der Waals surface area contributed by atoms with E-state index in [-0.39, 0.29) is 10.8 Å². The highest BCUT2D eigenvalue weighted by Crippen LogP contribution is 2.67. The number of rotatable bonds is 0. The third-order valence-corrected chi connectivity index (χ3v) is 4.73. The van der Waals surface area contributed by atoms with Crippen molar-refractivity contribution < 1.29 is 5.11 Å². The van der Waals surface area contributed by atoms with Crippen LogP contribution < -0.4 is 0 Å². The number of nitrogens with zero attached hydrogens (tertiary/aromatic N) is 1. The maximum Gasteiger partial charge on any atom is 0.161 e. The summed E-state index contributed by atoms with van der Waals surface area (Å²) in [7, 11) is 0. The fourth-order valence-corrected chi connectivity index (χ4v) is 3.54. The first-order valence-electron chi connectivity index (χ1n) is 5.01. The van der Waals surface area contributed by atoms with Crippen molar-refractivity contribution >= 4 is 0 Å². The summed E-state index contributed by atoms with van der Waals surface area (Å²) in [6, 6.07) is 2.16. The lowest BCUT2D eigenvalue weighted by molar-refractivity contribution is -0.0969. The molecule has 2 aliphatic rings. The molecule has 13 heavy (non-hydrogen) atoms. The molecule has 1 N–H and O–H groups in total. The molecule has 0 radical (unpaired) electrons. The van der Waals surface area contributed by atoms with E-state index in [0.29, 0.717) is 5.92 Å². The van der Waals surface area contributed by atoms with E-state index in [1.54, 1.807) is 0 Å². The van der Waals surface area contributed by atoms with Crippen molar-refractivity contribution in [3.8, 4) is 6.07 Å². The Morgan fingerprint density at radius 2 is 2.00 bits per heavy atom. The van der Waals surface area contributed by atoms with E-state index >= 15 is 0 Å². The van der Waals surface area contributed by atoms with Gasteiger partial charge in [-0.2, -0.15) is 5.26 Å². The quantitative estimate of drug-likeness (QED) is 0.579. The third kappa shape index (κ3) is 0.729. The summed E-state index contributed by atoms with van der Waals surface area (Å²) < 4.78 is 0. The number of fused-ring (bicyclic) bond motifs is 2. The van der Waals surface area contributed by atoms with Gasteiger partial charge in [0, 0.05) is 10.8 Å². The van der Waals surface area contributed by atoms with Gasteiger partial charge in [0.25, 0.3) is 0 Å². The minimum absolute atomic E-state index is 0.157. The Morgan fingerprint density at radius 1 is 1.38 bits per heavy atom. The van der Waals surface area contributed by atoms with Gasteiger partial charge in [0.1, 0.15) is 0 Å². The molecule has 2 saturated carbocycles. The first-order valence-corrected chi connectivity index (χ1v) is 5.01. The molecule has 2 bridgehead atoms. The van der Waals surface area contributed by atoms with Crippen molar-refractivity contribution in [1.29, 1.82) is 5.26 Å². The van der Waals surface area contributed by atoms with E-state index < -0.39 is 5.60 Å². The highest BCUT2D eigenvalue weighted by molar-refractivity contribution is 5.26. The minimum Gasteiger partial charge on any atom is -0.374 e. The van der Waals surface area contributed by atoms with Crippen LogP contribution in [0.2, 0.25) is 0 Å². The molecule has 0 amide bonds. The van der Waals surface area contributed by atoms with Crippen LogP contribution in [0.4, 0.5) is 0 Å². The van der Waals surface area contributed by atoms with Crippen LogP contribution in [0.1, 0.15) is 40.0 Å². The molecule has 0 aromatic carbocycles. The molecule has 0 aliphatic heterocycles. The van der Waals surface area contributed by atoms with E-state index in [4.69, 9.17) is 5.26 Å². The van der Waals surface area contributed by atoms with E-state index in [1.165, 1.54) is 6.42 Å². The molecule has 0 heterocycles. The van der Waals surface area contributed by atoms with Gasteiger partial charge in [0.2, 0.25) is 0 Å². The number of hydrogen-bond donors (Lipinski definition) is 1. The minimum atomic E-state index is -1.11. The average Bonchev–Trinajstić information content (AvgIpc) is 2.51. The highest BCUT2D eigenvalue weighted by atomic mass is 16.3. The molecule has 2 fully saturated rings. The Kier molecular flexibility index (Phi) is 1.45. The number of aliphatic hydroxyl groups is 1. The number of nitriles is 1. The van der Waals surface area contributed by atoms with Gasteiger partial charge < -0.3 is 5.11 Å². The maximum atomic E-state index is 10.4. The van der Waals surface area contributed by atoms with Gasteiger partial charge in [0.05, 0.1) is 6.07 Å². The van der Waals surface area contributed by atoms with Crippen LogP contribution in [0.5, 0.6) is 0 Å². The monoisotopic (exact) mass is 179 g/mol. The smallest absolute Gasteiger partial charge is 0.161 e. The second-order valence-electron chi connectivity index (χ2n) is 5.54. The third-order valence-electron chi connectivity index (χ3n) is 4.73. The molecule has 2 heteroatoms. The number of hydrogen-bond acceptors (Lipinski definition) is 2. The van der Waals surface area contributed by atoms with E-state index in [1.807, 2.05) is 13.8 Å². The fourth-order valence-electron chi connectivity index (χ4n) is 3.54. The van der Waals surface area contributed by atoms with E-state index in [9.17, 15) is 5.11 Å². The topological polar surface area (TPSA) is 44.0 Å². The lowest BCUT2D eigenvalue weighted by Gasteiger charge is -2.45. The van der Waals surface area contributed by atoms with Crippen molar-refractivity contribution in [2.45, 2.75) is 45.6 Å². The van der Waals surface area contributed by atoms with Crippen LogP contribution in [0.25, 0.3) is 0 Å². The summed E-state index contributed by atoms with van der Waals surface area (Å²) >= 11 is 0. The lowest BCUT2D eigenvalue weighted by Crippen LogP contribution is -2.52. The van der Waals surface area contributed by atoms with Crippen molar-refractivity contribution in [1.82, 2.24) is 0 Å². The van der Waals surface area contributed by atoms with Gasteiger partial charge in [-0.15, -0.1) is 0 Å². The molecular weight excluding hydrogens is 162 g/mol. The van der Waals surface area contributed by atoms with Crippen LogP contribution >= 0.6 is 0 Å². The zero-order valence-electron chi connectivity index (χ0n) is 8.59. The van der Waals surface area contributed by atoms with Gasteiger partial charge >= 0.3 is 0 Å². The summed E-state index contributed by atoms with van der Waals surface area (Å²) in [6.45, 7) is 6.13. The molecule has 0 spiro atoms. The summed E-state index contributed by atoms with van der Waals surface area (Å²) in [6.07, 6.45) is 3.20. The van der Waals surface area contributed by atoms with Crippen LogP contribution in [0.3, 0.4) is 0 Å². The van der Waals surface area contributed by atoms with E-state index in [0.717, 1.165) is 12.8 Å². The van der Waals surface area contributed by atoms with Gasteiger partial charge in [0.15, 0.2) is 5.60 Å². The summed E-state index contributed by atoms with van der Waals surface area (Å²) in [5.74, 6) is 0.530. The Bertz CT molecular complexity index is 284. The van der Waals surface area contributed by atoms with Crippen molar-refractivity contribution in [3.05, 3.63) is 0 Å². The Morgan fingerprint density at radius 3 is 2.31 bits per heavy atom. The Hall–Kier alpha value is -0.550. The molecule has 3 atom stereocenters. The van der Waals surface area contributed by atoms with Gasteiger partial charge in [-0.3, -0.25) is 0 Å². The van der Waals surface area contributed by atoms with E-state index in [2.05, 4.69) is 13.0 Å². The van der Waals surface area contributed by atoms with Crippen LogP contribution in [0, 0.1) is 28.1 Å². The fraction of sp³-hybridized carbons (Fsp3) is 0.909. The lowest BCUT2D eigenvalue weighted by atomic mass is 9.61. The summed E-state index contributed by atoms with van der Waals surface area (Å²) in [4.78, 5) is 0. The maximum absolute atomic E-state index is 10.4. The Labute approximate surface area is 79.6 Å². The zero-order chi connectivity index (χ0) is 9.91. The molecule has 0 aromatic heterocycles. The first-order chi connectivity index (χ1) is 5.87. The van der Waals surface area contributed by atoms with Gasteiger partial charge in [-0.05, 0) is 25.2 Å². The SMILES string of the molecule is CC1(C)[C@H]2CC[C@](C)(C2)[C@@]1(O)C#N. The largest absolute Gasteiger partial charge is 0.374 e. The second kappa shape index (κ2) is 2.09. The molecule has 2 nitrogen and oxygen atoms in total. The first kappa shape index (κ1) is 9.02. The normalized spacial score (nSPS) is 52.1. The van der Waals surface area contributed by atoms with Crippen LogP contribution in [-0.4, -0.2) is 10.7 Å².